The molecule has 4 aliphatic carbocycles. The van der Waals surface area contributed by atoms with E-state index in [1.54, 1.807) is 12.3 Å². The molecule has 3 aromatic heterocycles. The molecule has 1 aliphatic heterocycles. The van der Waals surface area contributed by atoms with Crippen molar-refractivity contribution in [3.05, 3.63) is 36.0 Å². The summed E-state index contributed by atoms with van der Waals surface area (Å²) in [6.45, 7) is 3.63. The second-order valence-corrected chi connectivity index (χ2v) is 11.6. The number of carbonyl (C=O) groups is 2. The van der Waals surface area contributed by atoms with E-state index in [0.717, 1.165) is 76.1 Å². The Bertz CT molecular complexity index is 1570. The zero-order chi connectivity index (χ0) is 33.9. The van der Waals surface area contributed by atoms with Crippen LogP contribution in [-0.4, -0.2) is 90.8 Å². The van der Waals surface area contributed by atoms with Gasteiger partial charge in [-0.05, 0) is 38.2 Å². The molecule has 0 aromatic carbocycles. The van der Waals surface area contributed by atoms with Crippen LogP contribution in [0.25, 0.3) is 22.3 Å². The van der Waals surface area contributed by atoms with Crippen LogP contribution in [0.3, 0.4) is 0 Å². The van der Waals surface area contributed by atoms with Gasteiger partial charge in [0, 0.05) is 54.1 Å². The normalized spacial score (nSPS) is 24.5. The molecule has 4 heterocycles. The summed E-state index contributed by atoms with van der Waals surface area (Å²) in [5.74, 6) is -3.95. The number of imidazole rings is 1. The number of nitrogens with zero attached hydrogens (tertiary/aromatic N) is 4. The average Bonchev–Trinajstić information content (AvgIpc) is 3.50. The van der Waals surface area contributed by atoms with E-state index in [9.17, 15) is 39.5 Å². The Kier molecular flexibility index (Phi) is 8.32. The molecule has 0 spiro atoms. The minimum Gasteiger partial charge on any atom is -0.475 e. The van der Waals surface area contributed by atoms with E-state index < -0.39 is 36.0 Å². The highest BCUT2D eigenvalue weighted by molar-refractivity contribution is 5.84. The first-order valence-electron chi connectivity index (χ1n) is 13.8. The monoisotopic (exact) mass is 671 g/mol. The van der Waals surface area contributed by atoms with Crippen molar-refractivity contribution in [1.82, 2.24) is 24.4 Å². The average molecular weight is 672 g/mol. The number of carboxylic acids is 2. The van der Waals surface area contributed by atoms with Gasteiger partial charge in [0.1, 0.15) is 11.5 Å². The molecule has 3 N–H and O–H groups in total. The molecule has 252 valence electrons. The van der Waals surface area contributed by atoms with Crippen LogP contribution in [0.15, 0.2) is 24.7 Å². The number of H-pyrrole nitrogens is 1. The molecule has 4 saturated carbocycles. The highest BCUT2D eigenvalue weighted by Gasteiger charge is 2.71. The molecule has 3 aromatic rings. The van der Waals surface area contributed by atoms with Crippen molar-refractivity contribution in [2.75, 3.05) is 26.3 Å². The van der Waals surface area contributed by atoms with E-state index in [1.165, 1.54) is 0 Å². The van der Waals surface area contributed by atoms with Gasteiger partial charge in [-0.2, -0.15) is 39.5 Å². The molecule has 10 nitrogen and oxygen atoms in total. The van der Waals surface area contributed by atoms with Crippen LogP contribution in [-0.2, 0) is 26.0 Å². The minimum absolute atomic E-state index is 0.0920. The van der Waals surface area contributed by atoms with Gasteiger partial charge >= 0.3 is 30.5 Å². The molecule has 8 rings (SSSR count). The number of fused-ring (bicyclic) bond motifs is 1. The van der Waals surface area contributed by atoms with Gasteiger partial charge in [0.25, 0.3) is 0 Å². The van der Waals surface area contributed by atoms with Gasteiger partial charge in [0.15, 0.2) is 0 Å². The van der Waals surface area contributed by atoms with E-state index >= 15 is 0 Å². The number of morpholine rings is 1. The second kappa shape index (κ2) is 11.4. The van der Waals surface area contributed by atoms with Crippen LogP contribution in [0.5, 0.6) is 0 Å². The largest absolute Gasteiger partial charge is 0.490 e. The number of aromatic nitrogens is 4. The molecule has 0 amide bonds. The number of halogens is 9. The maximum Gasteiger partial charge on any atom is 0.490 e. The zero-order valence-electron chi connectivity index (χ0n) is 23.6. The topological polar surface area (TPSA) is 134 Å². The molecule has 46 heavy (non-hydrogen) atoms. The molecule has 0 radical (unpaired) electrons. The predicted molar refractivity (Wildman–Crippen MR) is 139 cm³/mol. The third-order valence-electron chi connectivity index (χ3n) is 8.46. The predicted octanol–water partition coefficient (Wildman–Crippen LogP) is 5.55. The number of carboxylic acid groups (broad SMARTS) is 2. The summed E-state index contributed by atoms with van der Waals surface area (Å²) in [5, 5.41) is 14.3. The highest BCUT2D eigenvalue weighted by atomic mass is 19.4. The van der Waals surface area contributed by atoms with Crippen LogP contribution < -0.4 is 0 Å². The van der Waals surface area contributed by atoms with Crippen molar-refractivity contribution in [3.8, 4) is 11.3 Å². The quantitative estimate of drug-likeness (QED) is 0.308. The number of rotatable bonds is 4. The van der Waals surface area contributed by atoms with Gasteiger partial charge in [-0.15, -0.1) is 0 Å². The lowest BCUT2D eigenvalue weighted by molar-refractivity contribution is -0.221. The fourth-order valence-electron chi connectivity index (χ4n) is 6.23. The van der Waals surface area contributed by atoms with E-state index in [0.29, 0.717) is 17.0 Å². The van der Waals surface area contributed by atoms with E-state index in [2.05, 4.69) is 25.6 Å². The lowest BCUT2D eigenvalue weighted by Gasteiger charge is -2.74. The van der Waals surface area contributed by atoms with Gasteiger partial charge in [0.2, 0.25) is 0 Å². The first-order chi connectivity index (χ1) is 21.3. The summed E-state index contributed by atoms with van der Waals surface area (Å²) >= 11 is 0. The number of aromatic amines is 1. The van der Waals surface area contributed by atoms with E-state index in [1.807, 2.05) is 0 Å². The number of ether oxygens (including phenoxy) is 1. The van der Waals surface area contributed by atoms with Crippen molar-refractivity contribution in [3.63, 3.8) is 0 Å². The lowest BCUT2D eigenvalue weighted by atomic mass is 9.43. The van der Waals surface area contributed by atoms with E-state index in [4.69, 9.17) is 29.5 Å². The Morgan fingerprint density at radius 1 is 0.913 bits per heavy atom. The Morgan fingerprint density at radius 3 is 1.93 bits per heavy atom. The maximum absolute atomic E-state index is 13.4. The van der Waals surface area contributed by atoms with Gasteiger partial charge in [0.05, 0.1) is 30.0 Å². The number of hydrogen-bond acceptors (Lipinski definition) is 6. The first kappa shape index (κ1) is 33.5. The number of pyridine rings is 1. The molecule has 1 saturated heterocycles. The van der Waals surface area contributed by atoms with Crippen LogP contribution >= 0.6 is 0 Å². The SMILES string of the molecule is FC(F)(F)c1c[nH]c2ncc(-c3cn(C45CC(N6CCOCC6)(C4)C5)c(C4CC4)n3)cc12.O=C(O)C(F)(F)F.O=C(O)C(F)(F)F. The molecule has 2 bridgehead atoms. The van der Waals surface area contributed by atoms with Crippen LogP contribution in [0.1, 0.15) is 49.4 Å². The Morgan fingerprint density at radius 2 is 1.46 bits per heavy atom. The van der Waals surface area contributed by atoms with Crippen molar-refractivity contribution < 1.29 is 64.1 Å². The summed E-state index contributed by atoms with van der Waals surface area (Å²) in [5.41, 5.74) is 1.34. The summed E-state index contributed by atoms with van der Waals surface area (Å²) < 4.78 is 112. The van der Waals surface area contributed by atoms with Crippen LogP contribution in [0, 0.1) is 0 Å². The van der Waals surface area contributed by atoms with Gasteiger partial charge in [-0.25, -0.2) is 19.6 Å². The van der Waals surface area contributed by atoms with Gasteiger partial charge < -0.3 is 24.5 Å². The van der Waals surface area contributed by atoms with Crippen molar-refractivity contribution in [2.24, 2.45) is 0 Å². The van der Waals surface area contributed by atoms with Crippen molar-refractivity contribution in [2.45, 2.75) is 67.6 Å². The summed E-state index contributed by atoms with van der Waals surface area (Å²) in [4.78, 5) is 32.2. The number of nitrogens with one attached hydrogen (secondary N) is 1. The van der Waals surface area contributed by atoms with E-state index in [-0.39, 0.29) is 16.6 Å². The number of aliphatic carboxylic acids is 2. The molecular formula is C27H26F9N5O5. The van der Waals surface area contributed by atoms with Crippen molar-refractivity contribution >= 4 is 23.0 Å². The molecule has 0 unspecified atom stereocenters. The summed E-state index contributed by atoms with van der Waals surface area (Å²) in [7, 11) is 0. The zero-order valence-corrected chi connectivity index (χ0v) is 23.6. The van der Waals surface area contributed by atoms with Crippen LogP contribution in [0.2, 0.25) is 0 Å². The molecule has 19 heteroatoms. The minimum atomic E-state index is -5.08. The Labute approximate surface area is 253 Å². The molecule has 5 aliphatic rings. The fraction of sp³-hybridized carbons (Fsp3) is 0.556. The molecule has 5 fully saturated rings. The maximum atomic E-state index is 13.4. The fourth-order valence-corrected chi connectivity index (χ4v) is 6.23. The standard InChI is InChI=1S/C23H24F3N5O.2C2HF3O2/c24-23(25,26)17-9-28-19-16(17)7-15(8-27-19)18-10-31(20(29-18)14-1-2-14)22-11-21(12-22,13-22)30-3-5-32-6-4-30;2*3-2(4,5)1(6)7/h7-10,14H,1-6,11-13H2,(H,27,28);2*(H,6,7). The Hall–Kier alpha value is -3.87. The highest BCUT2D eigenvalue weighted by Crippen LogP contribution is 2.69. The summed E-state index contributed by atoms with van der Waals surface area (Å²) in [6, 6.07) is 1.57. The third kappa shape index (κ3) is 6.51. The Balaban J connectivity index is 0.000000252. The van der Waals surface area contributed by atoms with Crippen molar-refractivity contribution in [1.29, 1.82) is 0 Å². The first-order valence-corrected chi connectivity index (χ1v) is 13.8. The number of hydrogen-bond donors (Lipinski definition) is 3. The third-order valence-corrected chi connectivity index (χ3v) is 8.46. The second-order valence-electron chi connectivity index (χ2n) is 11.6. The molecule has 0 atom stereocenters. The number of alkyl halides is 9. The smallest absolute Gasteiger partial charge is 0.475 e. The van der Waals surface area contributed by atoms with Gasteiger partial charge in [-0.1, -0.05) is 0 Å². The lowest BCUT2D eigenvalue weighted by Crippen LogP contribution is -2.79. The molecular weight excluding hydrogens is 645 g/mol. The summed E-state index contributed by atoms with van der Waals surface area (Å²) in [6.07, 6.45) is -4.25. The van der Waals surface area contributed by atoms with Crippen LogP contribution in [0.4, 0.5) is 39.5 Å². The van der Waals surface area contributed by atoms with Gasteiger partial charge in [-0.3, -0.25) is 4.90 Å².